The van der Waals surface area contributed by atoms with Gasteiger partial charge in [0.15, 0.2) is 12.4 Å². The van der Waals surface area contributed by atoms with Crippen LogP contribution in [0.4, 0.5) is 5.69 Å². The van der Waals surface area contributed by atoms with E-state index in [0.717, 1.165) is 28.1 Å². The maximum atomic E-state index is 12.3. The van der Waals surface area contributed by atoms with Crippen molar-refractivity contribution in [2.24, 2.45) is 0 Å². The Morgan fingerprint density at radius 2 is 2.04 bits per heavy atom. The van der Waals surface area contributed by atoms with Crippen LogP contribution in [-0.2, 0) is 16.0 Å². The molecule has 0 saturated carbocycles. The minimum absolute atomic E-state index is 0.0779. The van der Waals surface area contributed by atoms with Gasteiger partial charge in [-0.05, 0) is 55.7 Å². The number of fused-ring (bicyclic) bond motifs is 1. The van der Waals surface area contributed by atoms with E-state index < -0.39 is 5.97 Å². The lowest BCUT2D eigenvalue weighted by molar-refractivity contribution is -0.116. The van der Waals surface area contributed by atoms with Gasteiger partial charge in [0.2, 0.25) is 5.91 Å². The summed E-state index contributed by atoms with van der Waals surface area (Å²) in [5, 5.41) is 2.76. The zero-order chi connectivity index (χ0) is 18.1. The number of carbonyl (C=O) groups is 3. The second-order valence-electron chi connectivity index (χ2n) is 6.06. The number of rotatable bonds is 5. The van der Waals surface area contributed by atoms with E-state index in [1.807, 2.05) is 19.9 Å². The highest BCUT2D eigenvalue weighted by Crippen LogP contribution is 2.32. The molecule has 6 heteroatoms. The van der Waals surface area contributed by atoms with Gasteiger partial charge in [0.1, 0.15) is 4.88 Å². The summed E-state index contributed by atoms with van der Waals surface area (Å²) in [5.74, 6) is -1.13. The van der Waals surface area contributed by atoms with Crippen molar-refractivity contribution in [3.63, 3.8) is 0 Å². The van der Waals surface area contributed by atoms with Crippen molar-refractivity contribution in [3.05, 3.63) is 50.7 Å². The predicted octanol–water partition coefficient (Wildman–Crippen LogP) is 3.71. The molecule has 3 rings (SSSR count). The van der Waals surface area contributed by atoms with Gasteiger partial charge >= 0.3 is 5.97 Å². The van der Waals surface area contributed by atoms with Gasteiger partial charge in [0.25, 0.3) is 0 Å². The van der Waals surface area contributed by atoms with E-state index in [9.17, 15) is 14.4 Å². The predicted molar refractivity (Wildman–Crippen MR) is 96.5 cm³/mol. The summed E-state index contributed by atoms with van der Waals surface area (Å²) in [5.41, 5.74) is 3.08. The van der Waals surface area contributed by atoms with Gasteiger partial charge in [-0.2, -0.15) is 0 Å². The molecule has 2 aromatic rings. The molecule has 1 atom stereocenters. The number of hydrogen-bond acceptors (Lipinski definition) is 5. The van der Waals surface area contributed by atoms with Gasteiger partial charge in [-0.1, -0.05) is 6.92 Å². The van der Waals surface area contributed by atoms with E-state index in [-0.39, 0.29) is 24.2 Å². The highest BCUT2D eigenvalue weighted by molar-refractivity contribution is 7.14. The number of aryl methyl sites for hydroxylation is 2. The summed E-state index contributed by atoms with van der Waals surface area (Å²) >= 11 is 1.38. The number of nitrogens with one attached hydrogen (secondary N) is 1. The number of hydrogen-bond donors (Lipinski definition) is 1. The summed E-state index contributed by atoms with van der Waals surface area (Å²) in [6.07, 6.45) is 0.856. The number of amides is 1. The second-order valence-corrected chi connectivity index (χ2v) is 7.31. The Morgan fingerprint density at radius 3 is 2.72 bits per heavy atom. The normalized spacial score (nSPS) is 15.6. The lowest BCUT2D eigenvalue weighted by atomic mass is 9.99. The number of carbonyl (C=O) groups excluding carboxylic acids is 3. The van der Waals surface area contributed by atoms with E-state index in [4.69, 9.17) is 4.74 Å². The molecule has 1 aromatic heterocycles. The van der Waals surface area contributed by atoms with Gasteiger partial charge in [0.05, 0.1) is 5.92 Å². The van der Waals surface area contributed by atoms with E-state index in [1.54, 1.807) is 25.1 Å². The molecule has 1 aromatic carbocycles. The minimum Gasteiger partial charge on any atom is -0.453 e. The number of Topliss-reactive ketones (excluding diaryl/α,β-unsaturated/α-hetero) is 1. The fourth-order valence-electron chi connectivity index (χ4n) is 2.85. The highest BCUT2D eigenvalue weighted by Gasteiger charge is 2.27. The molecule has 1 aliphatic heterocycles. The molecule has 1 aliphatic rings. The number of ether oxygens (including phenoxy) is 1. The first-order valence-electron chi connectivity index (χ1n) is 8.15. The van der Waals surface area contributed by atoms with Gasteiger partial charge in [-0.15, -0.1) is 11.3 Å². The zero-order valence-corrected chi connectivity index (χ0v) is 15.2. The number of esters is 1. The molecule has 5 nitrogen and oxygen atoms in total. The first kappa shape index (κ1) is 17.4. The largest absolute Gasteiger partial charge is 0.453 e. The van der Waals surface area contributed by atoms with Crippen molar-refractivity contribution in [2.45, 2.75) is 33.1 Å². The van der Waals surface area contributed by atoms with Crippen molar-refractivity contribution in [1.82, 2.24) is 0 Å². The Bertz CT molecular complexity index is 868. The third-order valence-corrected chi connectivity index (χ3v) is 5.50. The van der Waals surface area contributed by atoms with Gasteiger partial charge in [-0.3, -0.25) is 9.59 Å². The molecule has 1 amide bonds. The van der Waals surface area contributed by atoms with Crippen LogP contribution in [0.3, 0.4) is 0 Å². The van der Waals surface area contributed by atoms with Crippen LogP contribution in [0.2, 0.25) is 0 Å². The summed E-state index contributed by atoms with van der Waals surface area (Å²) in [4.78, 5) is 37.7. The van der Waals surface area contributed by atoms with Crippen LogP contribution < -0.4 is 5.32 Å². The van der Waals surface area contributed by atoms with Crippen LogP contribution in [0.1, 0.15) is 55.8 Å². The Morgan fingerprint density at radius 1 is 1.28 bits per heavy atom. The van der Waals surface area contributed by atoms with E-state index in [0.29, 0.717) is 10.4 Å². The summed E-state index contributed by atoms with van der Waals surface area (Å²) in [7, 11) is 0. The molecular weight excluding hydrogens is 338 g/mol. The molecule has 0 aliphatic carbocycles. The van der Waals surface area contributed by atoms with Crippen molar-refractivity contribution < 1.29 is 19.1 Å². The van der Waals surface area contributed by atoms with Crippen molar-refractivity contribution in [2.75, 3.05) is 11.9 Å². The van der Waals surface area contributed by atoms with Crippen LogP contribution in [0, 0.1) is 6.92 Å². The topological polar surface area (TPSA) is 72.5 Å². The zero-order valence-electron chi connectivity index (χ0n) is 14.3. The summed E-state index contributed by atoms with van der Waals surface area (Å²) in [6.45, 7) is 5.47. The molecule has 0 bridgehead atoms. The van der Waals surface area contributed by atoms with Crippen molar-refractivity contribution >= 4 is 34.7 Å². The second kappa shape index (κ2) is 6.80. The average Bonchev–Trinajstić information content (AvgIpc) is 3.12. The number of thiophene rings is 1. The Labute approximate surface area is 150 Å². The van der Waals surface area contributed by atoms with Gasteiger partial charge in [0, 0.05) is 16.1 Å². The molecule has 0 unspecified atom stereocenters. The lowest BCUT2D eigenvalue weighted by Gasteiger charge is -2.06. The number of anilines is 1. The Hall–Kier alpha value is -2.47. The Balaban J connectivity index is 1.67. The SMILES string of the molecule is CCc1cc(C(=O)OCC(=O)c2ccc3c(c2)[C@H](C)C(=O)N3)sc1C. The minimum atomic E-state index is -0.479. The molecule has 25 heavy (non-hydrogen) atoms. The fraction of sp³-hybridized carbons (Fsp3) is 0.316. The molecule has 0 saturated heterocycles. The molecule has 0 spiro atoms. The summed E-state index contributed by atoms with van der Waals surface area (Å²) < 4.78 is 5.16. The van der Waals surface area contributed by atoms with E-state index in [2.05, 4.69) is 5.32 Å². The molecule has 2 heterocycles. The molecule has 0 radical (unpaired) electrons. The van der Waals surface area contributed by atoms with Crippen LogP contribution >= 0.6 is 11.3 Å². The quantitative estimate of drug-likeness (QED) is 0.654. The standard InChI is InChI=1S/C19H19NO4S/c1-4-12-8-17(25-11(12)3)19(23)24-9-16(21)13-5-6-15-14(7-13)10(2)18(22)20-15/h5-8,10H,4,9H2,1-3H3,(H,20,22)/t10-/m0/s1. The van der Waals surface area contributed by atoms with E-state index in [1.165, 1.54) is 11.3 Å². The Kier molecular flexibility index (Phi) is 4.72. The van der Waals surface area contributed by atoms with Gasteiger partial charge < -0.3 is 10.1 Å². The highest BCUT2D eigenvalue weighted by atomic mass is 32.1. The lowest BCUT2D eigenvalue weighted by Crippen LogP contribution is -2.13. The third kappa shape index (κ3) is 3.35. The fourth-order valence-corrected chi connectivity index (χ4v) is 3.86. The van der Waals surface area contributed by atoms with Crippen LogP contribution in [-0.4, -0.2) is 24.3 Å². The maximum Gasteiger partial charge on any atom is 0.348 e. The van der Waals surface area contributed by atoms with Gasteiger partial charge in [-0.25, -0.2) is 4.79 Å². The number of benzene rings is 1. The number of ketones is 1. The maximum absolute atomic E-state index is 12.3. The molecule has 1 N–H and O–H groups in total. The first-order valence-corrected chi connectivity index (χ1v) is 8.96. The monoisotopic (exact) mass is 357 g/mol. The van der Waals surface area contributed by atoms with Crippen LogP contribution in [0.15, 0.2) is 24.3 Å². The van der Waals surface area contributed by atoms with Crippen LogP contribution in [0.25, 0.3) is 0 Å². The van der Waals surface area contributed by atoms with Crippen LogP contribution in [0.5, 0.6) is 0 Å². The first-order chi connectivity index (χ1) is 11.9. The molecule has 0 fully saturated rings. The molecule has 130 valence electrons. The van der Waals surface area contributed by atoms with E-state index >= 15 is 0 Å². The third-order valence-electron chi connectivity index (χ3n) is 4.43. The molecular formula is C19H19NO4S. The summed E-state index contributed by atoms with van der Waals surface area (Å²) in [6, 6.07) is 6.86. The smallest absolute Gasteiger partial charge is 0.348 e. The van der Waals surface area contributed by atoms with Crippen molar-refractivity contribution in [3.8, 4) is 0 Å². The van der Waals surface area contributed by atoms with Crippen molar-refractivity contribution in [1.29, 1.82) is 0 Å². The average molecular weight is 357 g/mol.